The summed E-state index contributed by atoms with van der Waals surface area (Å²) in [5, 5.41) is 10.6. The Morgan fingerprint density at radius 2 is 1.38 bits per heavy atom. The number of benzene rings is 1. The number of unbranched alkanes of at least 4 members (excludes halogenated alkanes) is 10. The summed E-state index contributed by atoms with van der Waals surface area (Å²) in [5.41, 5.74) is -0.120. The molecule has 0 unspecified atom stereocenters. The van der Waals surface area contributed by atoms with Gasteiger partial charge in [0.25, 0.3) is 5.69 Å². The highest BCUT2D eigenvalue weighted by Crippen LogP contribution is 2.18. The molecule has 0 heterocycles. The predicted octanol–water partition coefficient (Wildman–Crippen LogP) is 8.23. The highest BCUT2D eigenvalue weighted by Gasteiger charge is 2.13. The van der Waals surface area contributed by atoms with Gasteiger partial charge in [0, 0.05) is 18.6 Å². The van der Waals surface area contributed by atoms with E-state index in [1.165, 1.54) is 69.2 Å². The fraction of sp³-hybridized carbons (Fsp3) is 0.556. The zero-order valence-electron chi connectivity index (χ0n) is 20.4. The third-order valence-electron chi connectivity index (χ3n) is 5.28. The molecule has 0 aliphatic heterocycles. The van der Waals surface area contributed by atoms with E-state index in [4.69, 9.17) is 4.74 Å². The molecule has 1 rings (SSSR count). The van der Waals surface area contributed by atoms with Crippen LogP contribution in [0.2, 0.25) is 0 Å². The van der Waals surface area contributed by atoms with Crippen molar-refractivity contribution < 1.29 is 24.0 Å². The molecule has 0 atom stereocenters. The Balaban J connectivity index is 1.95. The largest absolute Gasteiger partial charge is 0.521 e. The van der Waals surface area contributed by atoms with Crippen LogP contribution in [-0.2, 0) is 9.53 Å². The molecule has 188 valence electrons. The van der Waals surface area contributed by atoms with Crippen LogP contribution in [0.3, 0.4) is 0 Å². The molecule has 34 heavy (non-hydrogen) atoms. The minimum atomic E-state index is -1.13. The maximum Gasteiger partial charge on any atom is 0.521 e. The van der Waals surface area contributed by atoms with Gasteiger partial charge in [0.05, 0.1) is 4.92 Å². The number of non-ortho nitro benzene ring substituents is 1. The second kappa shape index (κ2) is 19.5. The van der Waals surface area contributed by atoms with Crippen molar-refractivity contribution in [2.45, 2.75) is 96.8 Å². The van der Waals surface area contributed by atoms with Crippen molar-refractivity contribution in [3.63, 3.8) is 0 Å². The molecule has 0 N–H and O–H groups in total. The first kappa shape index (κ1) is 29.1. The van der Waals surface area contributed by atoms with E-state index in [-0.39, 0.29) is 17.9 Å². The van der Waals surface area contributed by atoms with Crippen LogP contribution in [0.1, 0.15) is 96.8 Å². The van der Waals surface area contributed by atoms with Gasteiger partial charge in [-0.15, -0.1) is 0 Å². The first-order valence-electron chi connectivity index (χ1n) is 12.5. The van der Waals surface area contributed by atoms with Crippen LogP contribution >= 0.6 is 0 Å². The molecular formula is C27H39NO6. The van der Waals surface area contributed by atoms with Gasteiger partial charge in [0.15, 0.2) is 0 Å². The number of carbonyl (C=O) groups excluding carboxylic acids is 2. The van der Waals surface area contributed by atoms with Crippen molar-refractivity contribution in [2.24, 2.45) is 0 Å². The van der Waals surface area contributed by atoms with Crippen LogP contribution in [0.5, 0.6) is 5.75 Å². The summed E-state index contributed by atoms with van der Waals surface area (Å²) in [6, 6.07) is 4.95. The van der Waals surface area contributed by atoms with E-state index >= 15 is 0 Å². The van der Waals surface area contributed by atoms with Gasteiger partial charge in [-0.05, 0) is 50.7 Å². The molecule has 0 amide bonds. The van der Waals surface area contributed by atoms with Crippen molar-refractivity contribution >= 4 is 17.8 Å². The normalized spacial score (nSPS) is 11.2. The van der Waals surface area contributed by atoms with E-state index in [2.05, 4.69) is 36.0 Å². The van der Waals surface area contributed by atoms with E-state index in [1.54, 1.807) is 0 Å². The topological polar surface area (TPSA) is 95.7 Å². The molecule has 0 aliphatic rings. The minimum Gasteiger partial charge on any atom is -0.395 e. The lowest BCUT2D eigenvalue weighted by Crippen LogP contribution is -2.16. The van der Waals surface area contributed by atoms with Crippen LogP contribution in [0, 0.1) is 10.1 Å². The number of esters is 1. The molecule has 1 aromatic rings. The summed E-state index contributed by atoms with van der Waals surface area (Å²) >= 11 is 0. The molecular weight excluding hydrogens is 434 g/mol. The van der Waals surface area contributed by atoms with Crippen molar-refractivity contribution in [1.82, 2.24) is 0 Å². The summed E-state index contributed by atoms with van der Waals surface area (Å²) in [4.78, 5) is 33.4. The Morgan fingerprint density at radius 3 is 1.97 bits per heavy atom. The predicted molar refractivity (Wildman–Crippen MR) is 134 cm³/mol. The molecule has 1 aromatic carbocycles. The molecule has 0 aliphatic carbocycles. The molecule has 0 spiro atoms. The van der Waals surface area contributed by atoms with Crippen LogP contribution in [0.4, 0.5) is 10.5 Å². The van der Waals surface area contributed by atoms with Crippen molar-refractivity contribution in [3.8, 4) is 5.75 Å². The van der Waals surface area contributed by atoms with Crippen molar-refractivity contribution in [3.05, 3.63) is 58.7 Å². The van der Waals surface area contributed by atoms with Gasteiger partial charge in [-0.3, -0.25) is 14.9 Å². The smallest absolute Gasteiger partial charge is 0.395 e. The SMILES string of the molecule is CCCCC/C=C\C/C=C\CCCCCCCCCC(=O)OC(=O)Oc1ccc([N+](=O)[O-])cc1. The Kier molecular flexibility index (Phi) is 16.7. The number of ether oxygens (including phenoxy) is 2. The Morgan fingerprint density at radius 1 is 0.824 bits per heavy atom. The zero-order valence-corrected chi connectivity index (χ0v) is 20.4. The Hall–Kier alpha value is -2.96. The number of nitro benzene ring substituents is 1. The van der Waals surface area contributed by atoms with Crippen LogP contribution in [-0.4, -0.2) is 17.0 Å². The third kappa shape index (κ3) is 15.8. The molecule has 7 nitrogen and oxygen atoms in total. The standard InChI is InChI=1S/C27H39NO6/c1-2-3-4-5-6-7-8-9-10-11-12-13-14-15-16-17-18-19-26(29)34-27(30)33-25-22-20-24(21-23-25)28(31)32/h6-7,9-10,20-23H,2-5,8,11-19H2,1H3/b7-6-,10-9-. The fourth-order valence-corrected chi connectivity index (χ4v) is 3.33. The van der Waals surface area contributed by atoms with Crippen LogP contribution in [0.25, 0.3) is 0 Å². The second-order valence-corrected chi connectivity index (χ2v) is 8.26. The number of rotatable bonds is 18. The van der Waals surface area contributed by atoms with Crippen molar-refractivity contribution in [1.29, 1.82) is 0 Å². The molecule has 0 saturated carbocycles. The molecule has 0 fully saturated rings. The third-order valence-corrected chi connectivity index (χ3v) is 5.28. The molecule has 7 heteroatoms. The molecule has 0 aromatic heterocycles. The minimum absolute atomic E-state index is 0.0773. The maximum atomic E-state index is 11.7. The molecule has 0 radical (unpaired) electrons. The van der Waals surface area contributed by atoms with Crippen molar-refractivity contribution in [2.75, 3.05) is 0 Å². The summed E-state index contributed by atoms with van der Waals surface area (Å²) in [6.45, 7) is 2.23. The lowest BCUT2D eigenvalue weighted by Gasteiger charge is -2.04. The Labute approximate surface area is 203 Å². The average Bonchev–Trinajstić information content (AvgIpc) is 2.81. The average molecular weight is 474 g/mol. The van der Waals surface area contributed by atoms with E-state index in [0.717, 1.165) is 32.1 Å². The van der Waals surface area contributed by atoms with Gasteiger partial charge in [-0.25, -0.2) is 4.79 Å². The summed E-state index contributed by atoms with van der Waals surface area (Å²) in [6.07, 6.45) is 22.7. The van der Waals surface area contributed by atoms with E-state index in [1.807, 2.05) is 0 Å². The number of hydrogen-bond acceptors (Lipinski definition) is 6. The fourth-order valence-electron chi connectivity index (χ4n) is 3.33. The van der Waals surface area contributed by atoms with E-state index in [9.17, 15) is 19.7 Å². The quantitative estimate of drug-likeness (QED) is 0.0405. The Bertz CT molecular complexity index is 770. The lowest BCUT2D eigenvalue weighted by atomic mass is 10.1. The van der Waals surface area contributed by atoms with Crippen LogP contribution in [0.15, 0.2) is 48.6 Å². The van der Waals surface area contributed by atoms with Gasteiger partial charge in [0.2, 0.25) is 0 Å². The van der Waals surface area contributed by atoms with Crippen LogP contribution < -0.4 is 4.74 Å². The van der Waals surface area contributed by atoms with E-state index in [0.29, 0.717) is 6.42 Å². The number of nitro groups is 1. The highest BCUT2D eigenvalue weighted by molar-refractivity contribution is 5.82. The van der Waals surface area contributed by atoms with Gasteiger partial charge >= 0.3 is 12.1 Å². The molecule has 0 saturated heterocycles. The van der Waals surface area contributed by atoms with Gasteiger partial charge < -0.3 is 9.47 Å². The highest BCUT2D eigenvalue weighted by atomic mass is 16.7. The molecule has 0 bridgehead atoms. The lowest BCUT2D eigenvalue weighted by molar-refractivity contribution is -0.384. The number of hydrogen-bond donors (Lipinski definition) is 0. The first-order chi connectivity index (χ1) is 16.5. The van der Waals surface area contributed by atoms with Gasteiger partial charge in [0.1, 0.15) is 5.75 Å². The zero-order chi connectivity index (χ0) is 24.9. The first-order valence-corrected chi connectivity index (χ1v) is 12.5. The maximum absolute atomic E-state index is 11.7. The number of nitrogens with zero attached hydrogens (tertiary/aromatic N) is 1. The summed E-state index contributed by atoms with van der Waals surface area (Å²) < 4.78 is 9.46. The second-order valence-electron chi connectivity index (χ2n) is 8.26. The van der Waals surface area contributed by atoms with E-state index < -0.39 is 17.0 Å². The number of carbonyl (C=O) groups is 2. The monoisotopic (exact) mass is 473 g/mol. The van der Waals surface area contributed by atoms with Gasteiger partial charge in [-0.1, -0.05) is 76.2 Å². The summed E-state index contributed by atoms with van der Waals surface area (Å²) in [7, 11) is 0. The summed E-state index contributed by atoms with van der Waals surface area (Å²) in [5.74, 6) is -0.553. The van der Waals surface area contributed by atoms with Gasteiger partial charge in [-0.2, -0.15) is 0 Å². The number of allylic oxidation sites excluding steroid dienone is 4.